The van der Waals surface area contributed by atoms with E-state index < -0.39 is 5.60 Å². The number of amides is 1. The van der Waals surface area contributed by atoms with Gasteiger partial charge in [0.05, 0.1) is 0 Å². The van der Waals surface area contributed by atoms with Crippen molar-refractivity contribution in [1.82, 2.24) is 15.5 Å². The zero-order valence-electron chi connectivity index (χ0n) is 18.2. The SMILES string of the molecule is CCN(CCNC(=NC)NCC1(CCOC)CCCC1)C(=O)OC(C)(C)C. The third-order valence-corrected chi connectivity index (χ3v) is 5.06. The summed E-state index contributed by atoms with van der Waals surface area (Å²) in [6.07, 6.45) is 5.86. The summed E-state index contributed by atoms with van der Waals surface area (Å²) >= 11 is 0. The van der Waals surface area contributed by atoms with E-state index in [-0.39, 0.29) is 6.09 Å². The number of aliphatic imine (C=N–C) groups is 1. The Morgan fingerprint density at radius 2 is 1.89 bits per heavy atom. The number of carbonyl (C=O) groups excluding carboxylic acids is 1. The van der Waals surface area contributed by atoms with Gasteiger partial charge in [-0.1, -0.05) is 12.8 Å². The highest BCUT2D eigenvalue weighted by Crippen LogP contribution is 2.40. The van der Waals surface area contributed by atoms with Crippen LogP contribution in [0.4, 0.5) is 4.79 Å². The molecule has 0 aromatic heterocycles. The Kier molecular flexibility index (Phi) is 9.91. The van der Waals surface area contributed by atoms with Crippen molar-refractivity contribution in [2.45, 2.75) is 65.4 Å². The average molecular weight is 385 g/mol. The van der Waals surface area contributed by atoms with Crippen molar-refractivity contribution in [2.75, 3.05) is 46.9 Å². The topological polar surface area (TPSA) is 75.2 Å². The van der Waals surface area contributed by atoms with E-state index in [0.29, 0.717) is 25.0 Å². The van der Waals surface area contributed by atoms with Crippen LogP contribution >= 0.6 is 0 Å². The molecular weight excluding hydrogens is 344 g/mol. The molecule has 1 rings (SSSR count). The molecule has 0 spiro atoms. The quantitative estimate of drug-likeness (QED) is 0.472. The number of guanidine groups is 1. The van der Waals surface area contributed by atoms with Crippen LogP contribution in [0.15, 0.2) is 4.99 Å². The first-order chi connectivity index (χ1) is 12.7. The van der Waals surface area contributed by atoms with Gasteiger partial charge in [-0.2, -0.15) is 0 Å². The maximum atomic E-state index is 12.2. The molecule has 1 saturated carbocycles. The van der Waals surface area contributed by atoms with Crippen molar-refractivity contribution in [3.05, 3.63) is 0 Å². The van der Waals surface area contributed by atoms with Crippen LogP contribution in [0.1, 0.15) is 59.8 Å². The minimum Gasteiger partial charge on any atom is -0.444 e. The molecule has 1 aliphatic carbocycles. The molecule has 0 radical (unpaired) electrons. The largest absolute Gasteiger partial charge is 0.444 e. The van der Waals surface area contributed by atoms with Gasteiger partial charge in [0.25, 0.3) is 0 Å². The Morgan fingerprint density at radius 3 is 2.41 bits per heavy atom. The number of nitrogens with zero attached hydrogens (tertiary/aromatic N) is 2. The highest BCUT2D eigenvalue weighted by Gasteiger charge is 2.33. The minimum absolute atomic E-state index is 0.278. The van der Waals surface area contributed by atoms with Gasteiger partial charge in [-0.3, -0.25) is 4.99 Å². The first-order valence-electron chi connectivity index (χ1n) is 10.2. The summed E-state index contributed by atoms with van der Waals surface area (Å²) in [6, 6.07) is 0. The highest BCUT2D eigenvalue weighted by molar-refractivity contribution is 5.79. The van der Waals surface area contributed by atoms with E-state index in [9.17, 15) is 4.79 Å². The molecule has 2 N–H and O–H groups in total. The lowest BCUT2D eigenvalue weighted by molar-refractivity contribution is 0.0264. The van der Waals surface area contributed by atoms with Crippen LogP contribution in [0, 0.1) is 5.41 Å². The average Bonchev–Trinajstić information content (AvgIpc) is 3.07. The zero-order valence-corrected chi connectivity index (χ0v) is 18.2. The molecule has 0 bridgehead atoms. The van der Waals surface area contributed by atoms with Crippen molar-refractivity contribution in [3.8, 4) is 0 Å². The van der Waals surface area contributed by atoms with E-state index in [2.05, 4.69) is 15.6 Å². The standard InChI is InChI=1S/C20H40N4O3/c1-7-24(18(25)27-19(2,3)4)14-13-22-17(21-5)23-16-20(12-15-26-6)10-8-9-11-20/h7-16H2,1-6H3,(H2,21,22,23). The molecule has 7 nitrogen and oxygen atoms in total. The third kappa shape index (κ3) is 8.82. The van der Waals surface area contributed by atoms with Crippen LogP contribution in [-0.4, -0.2) is 69.5 Å². The lowest BCUT2D eigenvalue weighted by atomic mass is 9.83. The number of rotatable bonds is 9. The molecule has 158 valence electrons. The van der Waals surface area contributed by atoms with Crippen LogP contribution in [0.3, 0.4) is 0 Å². The van der Waals surface area contributed by atoms with Crippen molar-refractivity contribution < 1.29 is 14.3 Å². The molecule has 0 aromatic carbocycles. The molecular formula is C20H40N4O3. The van der Waals surface area contributed by atoms with Crippen molar-refractivity contribution in [2.24, 2.45) is 10.4 Å². The second-order valence-electron chi connectivity index (χ2n) is 8.36. The Bertz CT molecular complexity index is 468. The van der Waals surface area contributed by atoms with E-state index in [1.54, 1.807) is 19.1 Å². The van der Waals surface area contributed by atoms with E-state index in [1.807, 2.05) is 27.7 Å². The molecule has 1 amide bonds. The van der Waals surface area contributed by atoms with E-state index >= 15 is 0 Å². The molecule has 0 heterocycles. The molecule has 27 heavy (non-hydrogen) atoms. The Balaban J connectivity index is 2.43. The highest BCUT2D eigenvalue weighted by atomic mass is 16.6. The van der Waals surface area contributed by atoms with Crippen LogP contribution < -0.4 is 10.6 Å². The number of ether oxygens (including phenoxy) is 2. The number of likely N-dealkylation sites (N-methyl/N-ethyl adjacent to an activating group) is 1. The number of hydrogen-bond acceptors (Lipinski definition) is 4. The van der Waals surface area contributed by atoms with Gasteiger partial charge in [0.2, 0.25) is 0 Å². The van der Waals surface area contributed by atoms with Crippen LogP contribution in [0.25, 0.3) is 0 Å². The summed E-state index contributed by atoms with van der Waals surface area (Å²) in [7, 11) is 3.54. The Hall–Kier alpha value is -1.50. The predicted octanol–water partition coefficient (Wildman–Crippen LogP) is 3.01. The zero-order chi connectivity index (χ0) is 20.3. The summed E-state index contributed by atoms with van der Waals surface area (Å²) in [5, 5.41) is 6.78. The van der Waals surface area contributed by atoms with Gasteiger partial charge in [0.1, 0.15) is 5.60 Å². The first-order valence-corrected chi connectivity index (χ1v) is 10.2. The van der Waals surface area contributed by atoms with Gasteiger partial charge in [-0.05, 0) is 52.4 Å². The van der Waals surface area contributed by atoms with Gasteiger partial charge in [0.15, 0.2) is 5.96 Å². The smallest absolute Gasteiger partial charge is 0.410 e. The van der Waals surface area contributed by atoms with Crippen LogP contribution in [-0.2, 0) is 9.47 Å². The third-order valence-electron chi connectivity index (χ3n) is 5.06. The monoisotopic (exact) mass is 384 g/mol. The van der Waals surface area contributed by atoms with Crippen molar-refractivity contribution >= 4 is 12.1 Å². The number of methoxy groups -OCH3 is 1. The fraction of sp³-hybridized carbons (Fsp3) is 0.900. The maximum absolute atomic E-state index is 12.2. The Labute approximate surface area is 165 Å². The van der Waals surface area contributed by atoms with Crippen molar-refractivity contribution in [3.63, 3.8) is 0 Å². The van der Waals surface area contributed by atoms with Gasteiger partial charge in [-0.25, -0.2) is 4.79 Å². The van der Waals surface area contributed by atoms with Gasteiger partial charge < -0.3 is 25.0 Å². The fourth-order valence-electron chi connectivity index (χ4n) is 3.46. The molecule has 0 saturated heterocycles. The molecule has 7 heteroatoms. The van der Waals surface area contributed by atoms with Crippen LogP contribution in [0.2, 0.25) is 0 Å². The van der Waals surface area contributed by atoms with E-state index in [0.717, 1.165) is 25.5 Å². The predicted molar refractivity (Wildman–Crippen MR) is 110 cm³/mol. The Morgan fingerprint density at radius 1 is 1.22 bits per heavy atom. The number of hydrogen-bond donors (Lipinski definition) is 2. The number of carbonyl (C=O) groups is 1. The van der Waals surface area contributed by atoms with Gasteiger partial charge in [-0.15, -0.1) is 0 Å². The molecule has 0 aliphatic heterocycles. The number of nitrogens with one attached hydrogen (secondary N) is 2. The van der Waals surface area contributed by atoms with E-state index in [1.165, 1.54) is 25.7 Å². The normalized spacial score (nSPS) is 16.9. The second-order valence-corrected chi connectivity index (χ2v) is 8.36. The maximum Gasteiger partial charge on any atom is 0.410 e. The second kappa shape index (κ2) is 11.4. The summed E-state index contributed by atoms with van der Waals surface area (Å²) in [5.74, 6) is 0.777. The molecule has 0 unspecified atom stereocenters. The van der Waals surface area contributed by atoms with Crippen molar-refractivity contribution in [1.29, 1.82) is 0 Å². The molecule has 0 aromatic rings. The van der Waals surface area contributed by atoms with E-state index in [4.69, 9.17) is 9.47 Å². The van der Waals surface area contributed by atoms with Gasteiger partial charge in [0, 0.05) is 46.9 Å². The van der Waals surface area contributed by atoms with Crippen LogP contribution in [0.5, 0.6) is 0 Å². The molecule has 1 aliphatic rings. The molecule has 1 fully saturated rings. The molecule has 0 atom stereocenters. The van der Waals surface area contributed by atoms with Gasteiger partial charge >= 0.3 is 6.09 Å². The summed E-state index contributed by atoms with van der Waals surface area (Å²) in [5.41, 5.74) is -0.174. The summed E-state index contributed by atoms with van der Waals surface area (Å²) in [4.78, 5) is 18.2. The summed E-state index contributed by atoms with van der Waals surface area (Å²) in [6.45, 7) is 11.1. The fourth-order valence-corrected chi connectivity index (χ4v) is 3.46. The first kappa shape index (κ1) is 23.5. The lowest BCUT2D eigenvalue weighted by Crippen LogP contribution is -2.46. The summed E-state index contributed by atoms with van der Waals surface area (Å²) < 4.78 is 10.7. The lowest BCUT2D eigenvalue weighted by Gasteiger charge is -2.30. The minimum atomic E-state index is -0.479.